The lowest BCUT2D eigenvalue weighted by atomic mass is 9.86. The predicted octanol–water partition coefficient (Wildman–Crippen LogP) is 33.5. The first-order chi connectivity index (χ1) is 68.5. The van der Waals surface area contributed by atoms with Gasteiger partial charge in [0.1, 0.15) is 88.7 Å². The second kappa shape index (κ2) is 82.7. The predicted molar refractivity (Wildman–Crippen MR) is 579 cm³/mol. The molecule has 0 saturated heterocycles. The standard InChI is InChI=1S/C124H200O16/c1-11-15-19-23-27-31-35-39-43-47-51-55-59-63-67-71-75-103-87-107-95-108-88-104(76-72-68-64-60-56-52-48-44-40-36-32-28-24-20-16-12-2)90-110(120(108)136-82-80-134-118(128)100-116(126)132-10)97-112-92-106(78-74-70-66-62-58-54-50-46-42-38-34-30-26-22-18-14-4)94-114(122(112)138-84-86-140-124(130)102(7)8)98-113-93-105(77-73-69-65-61-57-53-49-45-41-37-33-29-25-21-17-13-3)91-111(121(113)137-83-85-139-123(129)101(5)6)96-109(89-103)119(107)135-81-79-133-117(127)99-115(125)131-9/h87-94H,5,7,11-86,95-100H2,1-4,6,8-10H3. The van der Waals surface area contributed by atoms with Crippen LogP contribution in [-0.4, -0.2) is 103 Å². The Labute approximate surface area is 853 Å². The lowest BCUT2D eigenvalue weighted by Gasteiger charge is -2.25. The first-order valence-corrected chi connectivity index (χ1v) is 57.7. The average Bonchev–Trinajstić information content (AvgIpc) is 0.769. The van der Waals surface area contributed by atoms with Gasteiger partial charge in [-0.05, 0) is 132 Å². The maximum atomic E-state index is 13.4. The number of aryl methyl sites for hydroxylation is 4. The van der Waals surface area contributed by atoms with Crippen molar-refractivity contribution < 1.29 is 76.1 Å². The molecule has 4 aromatic rings. The third-order valence-corrected chi connectivity index (χ3v) is 28.1. The van der Waals surface area contributed by atoms with Crippen LogP contribution in [0.25, 0.3) is 0 Å². The fraction of sp³-hybridized carbons (Fsp3) is 0.726. The largest absolute Gasteiger partial charge is 0.489 e. The number of esters is 6. The van der Waals surface area contributed by atoms with Crippen LogP contribution in [0.4, 0.5) is 0 Å². The monoisotopic (exact) mass is 1950 g/mol. The molecule has 0 spiro atoms. The second-order valence-corrected chi connectivity index (χ2v) is 41.1. The molecule has 0 saturated carbocycles. The molecule has 0 atom stereocenters. The molecule has 0 fully saturated rings. The van der Waals surface area contributed by atoms with Crippen LogP contribution in [0.3, 0.4) is 0 Å². The molecule has 5 rings (SSSR count). The molecule has 4 aromatic carbocycles. The van der Waals surface area contributed by atoms with Gasteiger partial charge in [0.2, 0.25) is 0 Å². The number of unbranched alkanes of at least 4 members (excludes halogenated alkanes) is 60. The van der Waals surface area contributed by atoms with E-state index in [0.29, 0.717) is 59.8 Å². The summed E-state index contributed by atoms with van der Waals surface area (Å²) in [5.41, 5.74) is 12.6. The van der Waals surface area contributed by atoms with Gasteiger partial charge in [0.25, 0.3) is 0 Å². The van der Waals surface area contributed by atoms with Gasteiger partial charge in [0.15, 0.2) is 0 Å². The summed E-state index contributed by atoms with van der Waals surface area (Å²) in [6.45, 7) is 20.0. The highest BCUT2D eigenvalue weighted by Crippen LogP contribution is 2.43. The smallest absolute Gasteiger partial charge is 0.333 e. The summed E-state index contributed by atoms with van der Waals surface area (Å²) in [7, 11) is 2.51. The van der Waals surface area contributed by atoms with Crippen LogP contribution in [0, 0.1) is 0 Å². The Morgan fingerprint density at radius 1 is 0.214 bits per heavy atom. The molecular weight excluding hydrogens is 1750 g/mol. The average molecular weight is 1950 g/mol. The molecule has 1 aliphatic carbocycles. The van der Waals surface area contributed by atoms with Crippen LogP contribution in [0.5, 0.6) is 23.0 Å². The fourth-order valence-corrected chi connectivity index (χ4v) is 19.9. The van der Waals surface area contributed by atoms with E-state index in [4.69, 9.17) is 47.4 Å². The fourth-order valence-electron chi connectivity index (χ4n) is 19.9. The zero-order chi connectivity index (χ0) is 101. The molecule has 0 aliphatic heterocycles. The highest BCUT2D eigenvalue weighted by atomic mass is 16.6. The van der Waals surface area contributed by atoms with Gasteiger partial charge in [0.05, 0.1) is 14.2 Å². The molecule has 16 nitrogen and oxygen atoms in total. The lowest BCUT2D eigenvalue weighted by molar-refractivity contribution is -0.155. The van der Waals surface area contributed by atoms with E-state index in [1.54, 1.807) is 13.8 Å². The van der Waals surface area contributed by atoms with Gasteiger partial charge in [-0.1, -0.05) is 475 Å². The van der Waals surface area contributed by atoms with Gasteiger partial charge >= 0.3 is 35.8 Å². The summed E-state index contributed by atoms with van der Waals surface area (Å²) in [5, 5.41) is 0. The maximum Gasteiger partial charge on any atom is 0.333 e. The van der Waals surface area contributed by atoms with E-state index in [1.165, 1.54) is 359 Å². The maximum absolute atomic E-state index is 13.4. The first-order valence-electron chi connectivity index (χ1n) is 57.7. The quantitative estimate of drug-likeness (QED) is 0.0117. The first kappa shape index (κ1) is 123. The molecule has 0 radical (unpaired) electrons. The Morgan fingerprint density at radius 3 is 0.514 bits per heavy atom. The van der Waals surface area contributed by atoms with Gasteiger partial charge in [-0.15, -0.1) is 0 Å². The molecule has 1 aliphatic rings. The second-order valence-electron chi connectivity index (χ2n) is 41.1. The number of hydrogen-bond acceptors (Lipinski definition) is 16. The van der Waals surface area contributed by atoms with Gasteiger partial charge in [-0.25, -0.2) is 9.59 Å². The molecule has 140 heavy (non-hydrogen) atoms. The van der Waals surface area contributed by atoms with Crippen LogP contribution in [0.2, 0.25) is 0 Å². The van der Waals surface area contributed by atoms with Crippen LogP contribution < -0.4 is 18.9 Å². The van der Waals surface area contributed by atoms with E-state index in [-0.39, 0.29) is 52.9 Å². The van der Waals surface area contributed by atoms with Crippen LogP contribution in [0.15, 0.2) is 72.8 Å². The van der Waals surface area contributed by atoms with Crippen molar-refractivity contribution in [1.82, 2.24) is 0 Å². The number of fused-ring (bicyclic) bond motifs is 8. The minimum atomic E-state index is -0.718. The van der Waals surface area contributed by atoms with Gasteiger partial charge in [0, 0.05) is 36.8 Å². The van der Waals surface area contributed by atoms with Crippen molar-refractivity contribution >= 4 is 35.8 Å². The number of ether oxygens (including phenoxy) is 10. The third kappa shape index (κ3) is 59.0. The zero-order valence-corrected chi connectivity index (χ0v) is 90.5. The van der Waals surface area contributed by atoms with Crippen LogP contribution in [-0.2, 0) is 109 Å². The number of carbonyl (C=O) groups excluding carboxylic acids is 6. The third-order valence-electron chi connectivity index (χ3n) is 28.1. The summed E-state index contributed by atoms with van der Waals surface area (Å²) in [5.74, 6) is -1.22. The number of carbonyl (C=O) groups is 6. The molecule has 0 unspecified atom stereocenters. The summed E-state index contributed by atoms with van der Waals surface area (Å²) < 4.78 is 62.1. The van der Waals surface area contributed by atoms with E-state index in [2.05, 4.69) is 89.4 Å². The molecule has 792 valence electrons. The normalized spacial score (nSPS) is 11.8. The topological polar surface area (TPSA) is 195 Å². The number of rotatable bonds is 90. The van der Waals surface area contributed by atoms with Crippen LogP contribution in [0.1, 0.15) is 532 Å². The molecule has 0 aromatic heterocycles. The minimum Gasteiger partial charge on any atom is -0.489 e. The minimum absolute atomic E-state index is 0.0245. The Hall–Kier alpha value is -7.62. The number of hydrogen-bond donors (Lipinski definition) is 0. The van der Waals surface area contributed by atoms with Crippen LogP contribution >= 0.6 is 0 Å². The molecule has 8 bridgehead atoms. The van der Waals surface area contributed by atoms with Crippen molar-refractivity contribution in [2.75, 3.05) is 67.1 Å². The Morgan fingerprint density at radius 2 is 0.364 bits per heavy atom. The van der Waals surface area contributed by atoms with E-state index >= 15 is 0 Å². The van der Waals surface area contributed by atoms with Gasteiger partial charge < -0.3 is 47.4 Å². The number of benzene rings is 4. The molecule has 16 heteroatoms. The summed E-state index contributed by atoms with van der Waals surface area (Å²) in [6, 6.07) is 18.6. The molecule has 0 heterocycles. The molecular formula is C124H200O16. The van der Waals surface area contributed by atoms with Crippen molar-refractivity contribution in [2.24, 2.45) is 0 Å². The zero-order valence-electron chi connectivity index (χ0n) is 90.5. The number of methoxy groups -OCH3 is 2. The van der Waals surface area contributed by atoms with E-state index < -0.39 is 48.7 Å². The Kier molecular flexibility index (Phi) is 72.5. The van der Waals surface area contributed by atoms with E-state index in [1.807, 2.05) is 0 Å². The Bertz CT molecular complexity index is 3710. The SMILES string of the molecule is C=C(C)C(=O)OCCOc1c2cc(CCCCCCCCCCCCCCCCCC)cc1Cc1cc(CCCCCCCCCCCCCCCCCC)cc(c1OCCOC(=O)C(=C)C)Cc1cc(CCCCCCCCCCCCCCCCCC)cc(c1OCCOC(=O)CC(=O)OC)Cc1cc(CCCCCCCCCCCCCCCCCC)cc(c1OCCOC(=O)CC(=O)OC)C2. The summed E-state index contributed by atoms with van der Waals surface area (Å²) in [6.07, 6.45) is 85.1. The van der Waals surface area contributed by atoms with Gasteiger partial charge in [-0.2, -0.15) is 0 Å². The van der Waals surface area contributed by atoms with Crippen molar-refractivity contribution in [3.8, 4) is 23.0 Å². The van der Waals surface area contributed by atoms with E-state index in [9.17, 15) is 28.8 Å². The highest BCUT2D eigenvalue weighted by Gasteiger charge is 2.27. The van der Waals surface area contributed by atoms with Crippen molar-refractivity contribution in [3.05, 3.63) is 140 Å². The summed E-state index contributed by atoms with van der Waals surface area (Å²) in [4.78, 5) is 78.3. The lowest BCUT2D eigenvalue weighted by Crippen LogP contribution is -2.18. The summed E-state index contributed by atoms with van der Waals surface area (Å²) >= 11 is 0. The highest BCUT2D eigenvalue weighted by molar-refractivity contribution is 5.91. The Balaban J connectivity index is 1.77. The van der Waals surface area contributed by atoms with Gasteiger partial charge in [-0.3, -0.25) is 19.2 Å². The molecule has 0 amide bonds. The van der Waals surface area contributed by atoms with Crippen molar-refractivity contribution in [1.29, 1.82) is 0 Å². The van der Waals surface area contributed by atoms with Crippen molar-refractivity contribution in [3.63, 3.8) is 0 Å². The molecule has 0 N–H and O–H groups in total. The van der Waals surface area contributed by atoms with Crippen molar-refractivity contribution in [2.45, 2.75) is 517 Å². The van der Waals surface area contributed by atoms with E-state index in [0.717, 1.165) is 158 Å².